The zero-order valence-electron chi connectivity index (χ0n) is 13.6. The van der Waals surface area contributed by atoms with E-state index >= 15 is 0 Å². The number of hydrogen-bond donors (Lipinski definition) is 2. The lowest BCUT2D eigenvalue weighted by molar-refractivity contribution is -0.120. The summed E-state index contributed by atoms with van der Waals surface area (Å²) in [5, 5.41) is 6.20. The SMILES string of the molecule is COc1ccc(CNC(=O)Cc2ccc(Cl)cc2)cc1NC(C)=O. The molecule has 2 N–H and O–H groups in total. The zero-order valence-corrected chi connectivity index (χ0v) is 14.3. The molecular weight excluding hydrogens is 328 g/mol. The lowest BCUT2D eigenvalue weighted by Crippen LogP contribution is -2.24. The number of carbonyl (C=O) groups is 2. The van der Waals surface area contributed by atoms with Crippen molar-refractivity contribution in [2.24, 2.45) is 0 Å². The van der Waals surface area contributed by atoms with Crippen LogP contribution in [0, 0.1) is 0 Å². The normalized spacial score (nSPS) is 10.1. The van der Waals surface area contributed by atoms with Crippen LogP contribution in [0.3, 0.4) is 0 Å². The molecule has 0 atom stereocenters. The molecule has 126 valence electrons. The van der Waals surface area contributed by atoms with Gasteiger partial charge in [0.1, 0.15) is 5.75 Å². The fraction of sp³-hybridized carbons (Fsp3) is 0.222. The summed E-state index contributed by atoms with van der Waals surface area (Å²) in [7, 11) is 1.54. The van der Waals surface area contributed by atoms with E-state index in [1.54, 1.807) is 24.3 Å². The molecule has 2 amide bonds. The van der Waals surface area contributed by atoms with E-state index in [0.717, 1.165) is 11.1 Å². The van der Waals surface area contributed by atoms with Gasteiger partial charge in [-0.05, 0) is 35.4 Å². The number of ether oxygens (including phenoxy) is 1. The molecule has 0 bridgehead atoms. The molecule has 0 unspecified atom stereocenters. The molecule has 0 heterocycles. The molecule has 2 aromatic rings. The highest BCUT2D eigenvalue weighted by Crippen LogP contribution is 2.25. The van der Waals surface area contributed by atoms with Gasteiger partial charge in [0.15, 0.2) is 0 Å². The molecule has 0 radical (unpaired) electrons. The van der Waals surface area contributed by atoms with Gasteiger partial charge in [0.2, 0.25) is 11.8 Å². The van der Waals surface area contributed by atoms with Crippen molar-refractivity contribution in [1.29, 1.82) is 0 Å². The number of methoxy groups -OCH3 is 1. The Bertz CT molecular complexity index is 730. The van der Waals surface area contributed by atoms with Crippen molar-refractivity contribution in [2.75, 3.05) is 12.4 Å². The smallest absolute Gasteiger partial charge is 0.224 e. The van der Waals surface area contributed by atoms with Gasteiger partial charge in [0.25, 0.3) is 0 Å². The highest BCUT2D eigenvalue weighted by Gasteiger charge is 2.08. The first kappa shape index (κ1) is 17.8. The minimum absolute atomic E-state index is 0.0887. The van der Waals surface area contributed by atoms with E-state index < -0.39 is 0 Å². The van der Waals surface area contributed by atoms with E-state index in [-0.39, 0.29) is 18.2 Å². The minimum atomic E-state index is -0.183. The average Bonchev–Trinajstić information content (AvgIpc) is 2.55. The molecule has 0 saturated carbocycles. The van der Waals surface area contributed by atoms with Gasteiger partial charge in [-0.15, -0.1) is 0 Å². The Balaban J connectivity index is 1.96. The summed E-state index contributed by atoms with van der Waals surface area (Å²) >= 11 is 5.82. The summed E-state index contributed by atoms with van der Waals surface area (Å²) in [6, 6.07) is 12.5. The van der Waals surface area contributed by atoms with Crippen LogP contribution in [0.15, 0.2) is 42.5 Å². The van der Waals surface area contributed by atoms with E-state index in [4.69, 9.17) is 16.3 Å². The van der Waals surface area contributed by atoms with Crippen LogP contribution in [0.1, 0.15) is 18.1 Å². The molecule has 0 aliphatic carbocycles. The second-order valence-corrected chi connectivity index (χ2v) is 5.73. The molecule has 5 nitrogen and oxygen atoms in total. The molecule has 0 saturated heterocycles. The van der Waals surface area contributed by atoms with Crippen molar-refractivity contribution in [3.63, 3.8) is 0 Å². The minimum Gasteiger partial charge on any atom is -0.495 e. The second kappa shape index (κ2) is 8.36. The van der Waals surface area contributed by atoms with Crippen LogP contribution < -0.4 is 15.4 Å². The van der Waals surface area contributed by atoms with Gasteiger partial charge in [-0.2, -0.15) is 0 Å². The first-order chi connectivity index (χ1) is 11.5. The summed E-state index contributed by atoms with van der Waals surface area (Å²) in [5.74, 6) is 0.299. The molecule has 0 fully saturated rings. The monoisotopic (exact) mass is 346 g/mol. The molecule has 0 aliphatic rings. The van der Waals surface area contributed by atoms with Gasteiger partial charge in [-0.3, -0.25) is 9.59 Å². The summed E-state index contributed by atoms with van der Waals surface area (Å²) < 4.78 is 5.20. The molecule has 0 aromatic heterocycles. The Morgan fingerprint density at radius 3 is 2.38 bits per heavy atom. The van der Waals surface area contributed by atoms with Gasteiger partial charge in [-0.25, -0.2) is 0 Å². The molecule has 2 aromatic carbocycles. The lowest BCUT2D eigenvalue weighted by atomic mass is 10.1. The maximum atomic E-state index is 12.0. The van der Waals surface area contributed by atoms with E-state index in [1.165, 1.54) is 14.0 Å². The van der Waals surface area contributed by atoms with Crippen molar-refractivity contribution in [3.8, 4) is 5.75 Å². The predicted octanol–water partition coefficient (Wildman–Crippen LogP) is 3.17. The van der Waals surface area contributed by atoms with Gasteiger partial charge in [0, 0.05) is 18.5 Å². The van der Waals surface area contributed by atoms with Gasteiger partial charge >= 0.3 is 0 Å². The topological polar surface area (TPSA) is 67.4 Å². The Kier molecular flexibility index (Phi) is 6.21. The summed E-state index contributed by atoms with van der Waals surface area (Å²) in [6.45, 7) is 1.79. The maximum absolute atomic E-state index is 12.0. The number of rotatable bonds is 6. The van der Waals surface area contributed by atoms with Gasteiger partial charge < -0.3 is 15.4 Å². The standard InChI is InChI=1S/C18H19ClN2O3/c1-12(22)21-16-9-14(5-8-17(16)24-2)11-20-18(23)10-13-3-6-15(19)7-4-13/h3-9H,10-11H2,1-2H3,(H,20,23)(H,21,22). The highest BCUT2D eigenvalue weighted by molar-refractivity contribution is 6.30. The number of carbonyl (C=O) groups excluding carboxylic acids is 2. The average molecular weight is 347 g/mol. The molecule has 24 heavy (non-hydrogen) atoms. The summed E-state index contributed by atoms with van der Waals surface area (Å²) in [5.41, 5.74) is 2.34. The largest absolute Gasteiger partial charge is 0.495 e. The number of amides is 2. The second-order valence-electron chi connectivity index (χ2n) is 5.30. The van der Waals surface area contributed by atoms with Crippen molar-refractivity contribution < 1.29 is 14.3 Å². The van der Waals surface area contributed by atoms with Crippen LogP contribution >= 0.6 is 11.6 Å². The van der Waals surface area contributed by atoms with Crippen LogP contribution in [0.5, 0.6) is 5.75 Å². The molecule has 6 heteroatoms. The van der Waals surface area contributed by atoms with Crippen LogP contribution in [0.25, 0.3) is 0 Å². The third-order valence-corrected chi connectivity index (χ3v) is 3.59. The number of hydrogen-bond acceptors (Lipinski definition) is 3. The van der Waals surface area contributed by atoms with E-state index in [0.29, 0.717) is 23.0 Å². The number of halogens is 1. The van der Waals surface area contributed by atoms with Crippen molar-refractivity contribution in [2.45, 2.75) is 19.9 Å². The first-order valence-electron chi connectivity index (χ1n) is 7.43. The van der Waals surface area contributed by atoms with E-state index in [9.17, 15) is 9.59 Å². The maximum Gasteiger partial charge on any atom is 0.224 e. The van der Waals surface area contributed by atoms with E-state index in [2.05, 4.69) is 10.6 Å². The van der Waals surface area contributed by atoms with Crippen LogP contribution in [0.2, 0.25) is 5.02 Å². The zero-order chi connectivity index (χ0) is 17.5. The molecular formula is C18H19ClN2O3. The quantitative estimate of drug-likeness (QED) is 0.844. The predicted molar refractivity (Wildman–Crippen MR) is 94.3 cm³/mol. The third kappa shape index (κ3) is 5.28. The van der Waals surface area contributed by atoms with Crippen molar-refractivity contribution in [1.82, 2.24) is 5.32 Å². The molecule has 0 aliphatic heterocycles. The Morgan fingerprint density at radius 2 is 1.75 bits per heavy atom. The molecule has 0 spiro atoms. The van der Waals surface area contributed by atoms with Crippen molar-refractivity contribution in [3.05, 3.63) is 58.6 Å². The van der Waals surface area contributed by atoms with Crippen LogP contribution in [-0.2, 0) is 22.6 Å². The number of nitrogens with one attached hydrogen (secondary N) is 2. The summed E-state index contributed by atoms with van der Waals surface area (Å²) in [6.07, 6.45) is 0.284. The number of anilines is 1. The fourth-order valence-corrected chi connectivity index (χ4v) is 2.33. The summed E-state index contributed by atoms with van der Waals surface area (Å²) in [4.78, 5) is 23.3. The van der Waals surface area contributed by atoms with Crippen LogP contribution in [0.4, 0.5) is 5.69 Å². The first-order valence-corrected chi connectivity index (χ1v) is 7.81. The van der Waals surface area contributed by atoms with Gasteiger partial charge in [0.05, 0.1) is 19.2 Å². The highest BCUT2D eigenvalue weighted by atomic mass is 35.5. The Hall–Kier alpha value is -2.53. The Morgan fingerprint density at radius 1 is 1.08 bits per heavy atom. The Labute approximate surface area is 146 Å². The lowest BCUT2D eigenvalue weighted by Gasteiger charge is -2.12. The third-order valence-electron chi connectivity index (χ3n) is 3.34. The van der Waals surface area contributed by atoms with Crippen LogP contribution in [-0.4, -0.2) is 18.9 Å². The van der Waals surface area contributed by atoms with Gasteiger partial charge in [-0.1, -0.05) is 29.8 Å². The van der Waals surface area contributed by atoms with Crippen molar-refractivity contribution >= 4 is 29.1 Å². The molecule has 2 rings (SSSR count). The fourth-order valence-electron chi connectivity index (χ4n) is 2.20. The number of benzene rings is 2. The van der Waals surface area contributed by atoms with E-state index in [1.807, 2.05) is 18.2 Å².